The molecule has 320 valence electrons. The predicted octanol–water partition coefficient (Wildman–Crippen LogP) is 0.215. The second-order valence-corrected chi connectivity index (χ2v) is 19.3. The average Bonchev–Trinajstić information content (AvgIpc) is 3.66. The number of unbranched alkanes of at least 4 members (excludes halogenated alkanes) is 2. The van der Waals surface area contributed by atoms with Crippen molar-refractivity contribution in [3.8, 4) is 5.75 Å². The Hall–Kier alpha value is -1.62. The molecule has 0 saturated carbocycles. The van der Waals surface area contributed by atoms with E-state index in [1.54, 1.807) is 12.1 Å². The Bertz CT molecular complexity index is 2520. The molecular weight excluding hydrogens is 866 g/mol. The van der Waals surface area contributed by atoms with Crippen molar-refractivity contribution in [3.63, 3.8) is 0 Å². The van der Waals surface area contributed by atoms with Crippen LogP contribution in [0.1, 0.15) is 95.8 Å². The van der Waals surface area contributed by atoms with Crippen LogP contribution in [0, 0.1) is 19.8 Å². The first kappa shape index (κ1) is 55.7. The molecule has 0 radical (unpaired) electrons. The normalized spacial score (nSPS) is 17.2. The van der Waals surface area contributed by atoms with Crippen LogP contribution in [0.4, 0.5) is 11.4 Å². The van der Waals surface area contributed by atoms with Crippen molar-refractivity contribution in [2.24, 2.45) is 5.92 Å². The molecule has 0 aromatic heterocycles. The Morgan fingerprint density at radius 3 is 2.16 bits per heavy atom. The molecule has 0 N–H and O–H groups in total. The van der Waals surface area contributed by atoms with E-state index in [0.717, 1.165) is 94.9 Å². The first-order valence-corrected chi connectivity index (χ1v) is 23.5. The summed E-state index contributed by atoms with van der Waals surface area (Å²) in [6.07, 6.45) is 15.3. The number of ketones is 1. The molecule has 3 aromatic rings. The second kappa shape index (κ2) is 23.9. The van der Waals surface area contributed by atoms with Crippen LogP contribution in [0.3, 0.4) is 0 Å². The van der Waals surface area contributed by atoms with Gasteiger partial charge < -0.3 is 32.6 Å². The number of Topliss-reactive ketones (excluding diaryl/α,β-unsaturated/α-hetero) is 1. The molecule has 0 saturated heterocycles. The van der Waals surface area contributed by atoms with Crippen LogP contribution in [0.15, 0.2) is 117 Å². The average molecular weight is 921 g/mol. The van der Waals surface area contributed by atoms with Crippen LogP contribution in [0.5, 0.6) is 5.75 Å². The molecule has 1 aliphatic carbocycles. The quantitative estimate of drug-likeness (QED) is 0.0804. The van der Waals surface area contributed by atoms with Gasteiger partial charge in [-0.1, -0.05) is 38.5 Å². The summed E-state index contributed by atoms with van der Waals surface area (Å²) in [7, 11) is -9.27. The van der Waals surface area contributed by atoms with Gasteiger partial charge in [0.1, 0.15) is 44.1 Å². The van der Waals surface area contributed by atoms with E-state index in [9.17, 15) is 30.7 Å². The molecular formula is C48H55N2Na3O8S2. The molecule has 6 rings (SSSR count). The van der Waals surface area contributed by atoms with Gasteiger partial charge in [-0.05, 0) is 123 Å². The van der Waals surface area contributed by atoms with E-state index in [-0.39, 0.29) is 110 Å². The maximum absolute atomic E-state index is 12.3. The monoisotopic (exact) mass is 920 g/mol. The van der Waals surface area contributed by atoms with E-state index < -0.39 is 25.7 Å². The van der Waals surface area contributed by atoms with Gasteiger partial charge in [-0.2, -0.15) is 17.4 Å². The van der Waals surface area contributed by atoms with Gasteiger partial charge in [-0.3, -0.25) is 4.79 Å². The molecule has 15 heteroatoms. The maximum Gasteiger partial charge on any atom is 1.00 e. The van der Waals surface area contributed by atoms with Gasteiger partial charge in [0, 0.05) is 54.4 Å². The van der Waals surface area contributed by atoms with Gasteiger partial charge in [-0.15, -0.1) is 0 Å². The fraction of sp³-hybridized carbons (Fsp3) is 0.375. The second-order valence-electron chi connectivity index (χ2n) is 16.5. The predicted molar refractivity (Wildman–Crippen MR) is 233 cm³/mol. The molecule has 0 fully saturated rings. The van der Waals surface area contributed by atoms with E-state index in [1.165, 1.54) is 24.3 Å². The van der Waals surface area contributed by atoms with Crippen molar-refractivity contribution in [2.45, 2.75) is 107 Å². The molecule has 63 heavy (non-hydrogen) atoms. The minimum Gasteiger partial charge on any atom is -0.744 e. The zero-order chi connectivity index (χ0) is 43.4. The molecule has 3 aliphatic rings. The molecule has 0 amide bonds. The summed E-state index contributed by atoms with van der Waals surface area (Å²) in [5.74, 6) is 1.58. The number of carbonyl (C=O) groups excluding carboxylic acids is 1. The van der Waals surface area contributed by atoms with Crippen molar-refractivity contribution in [2.75, 3.05) is 18.0 Å². The van der Waals surface area contributed by atoms with Crippen molar-refractivity contribution in [3.05, 3.63) is 138 Å². The third kappa shape index (κ3) is 13.5. The van der Waals surface area contributed by atoms with Gasteiger partial charge in [-0.25, -0.2) is 16.8 Å². The van der Waals surface area contributed by atoms with Crippen LogP contribution >= 0.6 is 0 Å². The van der Waals surface area contributed by atoms with Crippen molar-refractivity contribution in [1.29, 1.82) is 0 Å². The molecule has 0 atom stereocenters. The summed E-state index contributed by atoms with van der Waals surface area (Å²) >= 11 is 0. The number of nitrogens with zero attached hydrogens (tertiary/aromatic N) is 2. The van der Waals surface area contributed by atoms with Gasteiger partial charge in [0.05, 0.1) is 15.2 Å². The first-order chi connectivity index (χ1) is 28.4. The Morgan fingerprint density at radius 1 is 0.873 bits per heavy atom. The summed E-state index contributed by atoms with van der Waals surface area (Å²) in [6.45, 7) is 17.3. The van der Waals surface area contributed by atoms with Crippen LogP contribution < -0.4 is 98.3 Å². The van der Waals surface area contributed by atoms with Crippen molar-refractivity contribution < 1.29 is 129 Å². The number of aryl methyl sites for hydroxylation is 1. The standard InChI is InChI=1S/C48H57N2O8S2.3Na/c1-7-9-28-49-38(30-37-31-40(59(52,53)54)22-24-43(37)49)19-17-35-12-11-13-36(47(35)58-39-20-14-34(15-21-39)16-26-45(51)33(3)4)18-27-46-48(5,6)42-32-41(60(55,56)57)23-25-44(42)50(46)29-10-8-2;;;/h14-15,17-25,27,31-33H,1-2,7-13,16,26,28-30H2,3-6H3,(H,52,53,54)(H,55,56,57);;;/q-1;3*+1/p-2. The largest absolute Gasteiger partial charge is 1.00 e. The van der Waals surface area contributed by atoms with E-state index in [0.29, 0.717) is 44.5 Å². The number of hydrogen-bond acceptors (Lipinski definition) is 9. The fourth-order valence-corrected chi connectivity index (χ4v) is 9.22. The zero-order valence-electron chi connectivity index (χ0n) is 38.0. The van der Waals surface area contributed by atoms with Crippen molar-refractivity contribution >= 4 is 43.1 Å². The zero-order valence-corrected chi connectivity index (χ0v) is 45.7. The van der Waals surface area contributed by atoms with Gasteiger partial charge in [0.15, 0.2) is 5.71 Å². The van der Waals surface area contributed by atoms with Crippen LogP contribution in [0.25, 0.3) is 0 Å². The topological polar surface area (TPSA) is 147 Å². The number of benzene rings is 3. The minimum atomic E-state index is -4.65. The van der Waals surface area contributed by atoms with Gasteiger partial charge in [0.2, 0.25) is 5.69 Å². The van der Waals surface area contributed by atoms with E-state index in [4.69, 9.17) is 4.74 Å². The molecule has 0 unspecified atom stereocenters. The van der Waals surface area contributed by atoms with Crippen LogP contribution in [-0.2, 0) is 43.3 Å². The van der Waals surface area contributed by atoms with E-state index >= 15 is 0 Å². The van der Waals surface area contributed by atoms with Gasteiger partial charge in [0.25, 0.3) is 0 Å². The number of fused-ring (bicyclic) bond motifs is 2. The Morgan fingerprint density at radius 2 is 1.52 bits per heavy atom. The summed E-state index contributed by atoms with van der Waals surface area (Å²) in [5.41, 5.74) is 7.57. The number of ether oxygens (including phenoxy) is 1. The molecule has 3 aromatic carbocycles. The number of hydrogen-bond donors (Lipinski definition) is 0. The number of rotatable bonds is 17. The smallest absolute Gasteiger partial charge is 0.744 e. The van der Waals surface area contributed by atoms with Gasteiger partial charge >= 0.3 is 88.7 Å². The minimum absolute atomic E-state index is 0. The third-order valence-electron chi connectivity index (χ3n) is 11.6. The van der Waals surface area contributed by atoms with Crippen LogP contribution in [-0.4, -0.2) is 55.1 Å². The summed E-state index contributed by atoms with van der Waals surface area (Å²) in [6, 6.07) is 17.0. The molecule has 0 bridgehead atoms. The SMILES string of the molecule is [CH2-]CCCN1/C(=C/C=C2\CCCC(/C=C/C3=[N+](CCC[CH2-])c4ccc(S(=O)(=O)[O-])cc4C3(C)C)=C2Oc2ccc(CCC(=O)C(C)C)cc2)Cc2cc(S(=O)(=O)[O-])ccc21.[Na+].[Na+].[Na+]. The Kier molecular flexibility index (Phi) is 21.1. The Labute approximate surface area is 441 Å². The maximum atomic E-state index is 12.3. The Balaban J connectivity index is 0.00000352. The molecule has 10 nitrogen and oxygen atoms in total. The fourth-order valence-electron chi connectivity index (χ4n) is 8.20. The summed E-state index contributed by atoms with van der Waals surface area (Å²) in [4.78, 5) is 14.0. The number of allylic oxidation sites excluding steroid dienone is 7. The first-order valence-electron chi connectivity index (χ1n) is 20.7. The third-order valence-corrected chi connectivity index (χ3v) is 13.3. The molecule has 2 aliphatic heterocycles. The van der Waals surface area contributed by atoms with Crippen LogP contribution in [0.2, 0.25) is 0 Å². The number of anilines is 1. The molecule has 2 heterocycles. The summed E-state index contributed by atoms with van der Waals surface area (Å²) < 4.78 is 80.8. The van der Waals surface area contributed by atoms with Crippen molar-refractivity contribution in [1.82, 2.24) is 0 Å². The van der Waals surface area contributed by atoms with E-state index in [1.807, 2.05) is 52.0 Å². The van der Waals surface area contributed by atoms with E-state index in [2.05, 4.69) is 47.6 Å². The molecule has 0 spiro atoms. The summed E-state index contributed by atoms with van der Waals surface area (Å²) in [5, 5.41) is 0. The number of carbonyl (C=O) groups is 1.